The second kappa shape index (κ2) is 14.1. The number of Topliss-reactive ketones (excluding diaryl/α,β-unsaturated/α-hetero) is 1. The lowest BCUT2D eigenvalue weighted by Crippen LogP contribution is -2.50. The summed E-state index contributed by atoms with van der Waals surface area (Å²) in [6.45, 7) is 2.50. The number of nitrogens with zero attached hydrogens (tertiary/aromatic N) is 1. The molecule has 0 bridgehead atoms. The first-order chi connectivity index (χ1) is 16.4. The summed E-state index contributed by atoms with van der Waals surface area (Å²) in [5.74, 6) is -1.93. The summed E-state index contributed by atoms with van der Waals surface area (Å²) in [7, 11) is 1.31. The van der Waals surface area contributed by atoms with Gasteiger partial charge in [0, 0.05) is 13.1 Å². The van der Waals surface area contributed by atoms with Crippen LogP contribution in [0.4, 0.5) is 0 Å². The molecule has 1 unspecified atom stereocenters. The van der Waals surface area contributed by atoms with E-state index >= 15 is 0 Å². The van der Waals surface area contributed by atoms with Gasteiger partial charge >= 0.3 is 5.97 Å². The quantitative estimate of drug-likeness (QED) is 0.241. The van der Waals surface area contributed by atoms with Crippen molar-refractivity contribution in [1.29, 1.82) is 0 Å². The third kappa shape index (κ3) is 8.61. The van der Waals surface area contributed by atoms with Gasteiger partial charge in [0.1, 0.15) is 0 Å². The fraction of sp³-hybridized carbons (Fsp3) is 0.560. The van der Waals surface area contributed by atoms with Crippen LogP contribution < -0.4 is 10.6 Å². The first kappa shape index (κ1) is 27.0. The number of methoxy groups -OCH3 is 1. The number of amides is 3. The van der Waals surface area contributed by atoms with Crippen LogP contribution in [0.15, 0.2) is 24.3 Å². The van der Waals surface area contributed by atoms with Gasteiger partial charge in [0.2, 0.25) is 18.1 Å². The Morgan fingerprint density at radius 3 is 2.41 bits per heavy atom. The van der Waals surface area contributed by atoms with Crippen molar-refractivity contribution in [2.45, 2.75) is 57.9 Å². The van der Waals surface area contributed by atoms with Gasteiger partial charge in [-0.2, -0.15) is 0 Å². The third-order valence-corrected chi connectivity index (χ3v) is 5.99. The second-order valence-corrected chi connectivity index (χ2v) is 8.65. The van der Waals surface area contributed by atoms with Gasteiger partial charge in [0.25, 0.3) is 5.91 Å². The van der Waals surface area contributed by atoms with Crippen LogP contribution >= 0.6 is 0 Å². The molecular formula is C25H35N3O6. The highest BCUT2D eigenvalue weighted by Crippen LogP contribution is 2.25. The fourth-order valence-corrected chi connectivity index (χ4v) is 4.14. The van der Waals surface area contributed by atoms with E-state index in [9.17, 15) is 24.0 Å². The number of hydrogen-bond acceptors (Lipinski definition) is 6. The van der Waals surface area contributed by atoms with E-state index in [2.05, 4.69) is 15.4 Å². The number of benzene rings is 1. The van der Waals surface area contributed by atoms with E-state index in [4.69, 9.17) is 0 Å². The molecule has 1 saturated carbocycles. The monoisotopic (exact) mass is 473 g/mol. The number of ketones is 1. The van der Waals surface area contributed by atoms with E-state index in [0.29, 0.717) is 43.7 Å². The topological polar surface area (TPSA) is 122 Å². The Hall–Kier alpha value is -3.23. The molecule has 1 aliphatic rings. The van der Waals surface area contributed by atoms with Crippen LogP contribution in [0.25, 0.3) is 0 Å². The third-order valence-electron chi connectivity index (χ3n) is 5.99. The molecule has 1 aromatic rings. The zero-order chi connectivity index (χ0) is 24.9. The molecule has 0 radical (unpaired) electrons. The highest BCUT2D eigenvalue weighted by molar-refractivity contribution is 6.38. The number of hydrogen-bond donors (Lipinski definition) is 2. The van der Waals surface area contributed by atoms with Gasteiger partial charge in [-0.25, -0.2) is 4.79 Å². The predicted molar refractivity (Wildman–Crippen MR) is 126 cm³/mol. The van der Waals surface area contributed by atoms with Gasteiger partial charge in [-0.3, -0.25) is 19.2 Å². The minimum Gasteiger partial charge on any atom is -0.465 e. The zero-order valence-electron chi connectivity index (χ0n) is 20.0. The molecule has 9 nitrogen and oxygen atoms in total. The lowest BCUT2D eigenvalue weighted by Gasteiger charge is -2.22. The normalized spacial score (nSPS) is 14.2. The fourth-order valence-electron chi connectivity index (χ4n) is 4.14. The molecule has 2 rings (SSSR count). The lowest BCUT2D eigenvalue weighted by atomic mass is 10.1. The minimum absolute atomic E-state index is 0.128. The second-order valence-electron chi connectivity index (χ2n) is 8.65. The molecule has 0 heterocycles. The van der Waals surface area contributed by atoms with Crippen molar-refractivity contribution in [2.24, 2.45) is 5.92 Å². The van der Waals surface area contributed by atoms with Crippen molar-refractivity contribution in [3.05, 3.63) is 35.4 Å². The first-order valence-electron chi connectivity index (χ1n) is 11.9. The summed E-state index contributed by atoms with van der Waals surface area (Å²) in [5.41, 5.74) is 1.31. The van der Waals surface area contributed by atoms with Crippen LogP contribution in [-0.4, -0.2) is 67.7 Å². The molecule has 3 amide bonds. The van der Waals surface area contributed by atoms with Gasteiger partial charge in [-0.05, 0) is 49.3 Å². The Bertz CT molecular complexity index is 849. The molecular weight excluding hydrogens is 438 g/mol. The average molecular weight is 474 g/mol. The molecule has 186 valence electrons. The molecule has 1 aromatic carbocycles. The molecule has 0 aromatic heterocycles. The highest BCUT2D eigenvalue weighted by Gasteiger charge is 2.27. The SMILES string of the molecule is CCCC(NC(=O)CN(C=O)CC1CCCC1)C(=O)C(=O)NCCc1ccc(C(=O)OC)cc1. The molecule has 0 saturated heterocycles. The van der Waals surface area contributed by atoms with Crippen molar-refractivity contribution in [2.75, 3.05) is 26.7 Å². The molecule has 1 fully saturated rings. The number of carbonyl (C=O) groups is 5. The number of nitrogens with one attached hydrogen (secondary N) is 2. The van der Waals surface area contributed by atoms with Crippen molar-refractivity contribution >= 4 is 30.0 Å². The number of rotatable bonds is 14. The van der Waals surface area contributed by atoms with E-state index in [1.807, 2.05) is 6.92 Å². The lowest BCUT2D eigenvalue weighted by molar-refractivity contribution is -0.140. The van der Waals surface area contributed by atoms with Crippen LogP contribution in [0.5, 0.6) is 0 Å². The largest absolute Gasteiger partial charge is 0.465 e. The van der Waals surface area contributed by atoms with Crippen molar-refractivity contribution in [3.8, 4) is 0 Å². The summed E-state index contributed by atoms with van der Waals surface area (Å²) < 4.78 is 4.66. The summed E-state index contributed by atoms with van der Waals surface area (Å²) in [6, 6.07) is 5.85. The molecule has 0 spiro atoms. The van der Waals surface area contributed by atoms with Gasteiger partial charge < -0.3 is 20.3 Å². The molecule has 9 heteroatoms. The van der Waals surface area contributed by atoms with E-state index < -0.39 is 29.6 Å². The zero-order valence-corrected chi connectivity index (χ0v) is 20.0. The van der Waals surface area contributed by atoms with E-state index in [1.54, 1.807) is 24.3 Å². The average Bonchev–Trinajstić information content (AvgIpc) is 3.35. The van der Waals surface area contributed by atoms with Gasteiger partial charge in [-0.1, -0.05) is 38.3 Å². The van der Waals surface area contributed by atoms with Gasteiger partial charge in [0.15, 0.2) is 0 Å². The highest BCUT2D eigenvalue weighted by atomic mass is 16.5. The summed E-state index contributed by atoms with van der Waals surface area (Å²) in [4.78, 5) is 61.8. The molecule has 1 aliphatic carbocycles. The van der Waals surface area contributed by atoms with Crippen molar-refractivity contribution in [3.63, 3.8) is 0 Å². The van der Waals surface area contributed by atoms with Crippen molar-refractivity contribution in [1.82, 2.24) is 15.5 Å². The number of ether oxygens (including phenoxy) is 1. The van der Waals surface area contributed by atoms with E-state index in [1.165, 1.54) is 12.0 Å². The first-order valence-corrected chi connectivity index (χ1v) is 11.9. The van der Waals surface area contributed by atoms with Crippen molar-refractivity contribution < 1.29 is 28.7 Å². The smallest absolute Gasteiger partial charge is 0.337 e. The maximum absolute atomic E-state index is 12.6. The van der Waals surface area contributed by atoms with Crippen LogP contribution in [0.3, 0.4) is 0 Å². The standard InChI is InChI=1S/C25H35N3O6/c1-3-6-21(27-22(30)16-28(17-29)15-19-7-4-5-8-19)23(31)24(32)26-14-13-18-9-11-20(12-10-18)25(33)34-2/h9-12,17,19,21H,3-8,13-16H2,1-2H3,(H,26,32)(H,27,30). The summed E-state index contributed by atoms with van der Waals surface area (Å²) in [6.07, 6.45) is 6.47. The maximum atomic E-state index is 12.6. The van der Waals surface area contributed by atoms with E-state index in [-0.39, 0.29) is 13.1 Å². The number of esters is 1. The minimum atomic E-state index is -0.933. The Labute approximate surface area is 200 Å². The predicted octanol–water partition coefficient (Wildman–Crippen LogP) is 1.63. The molecule has 1 atom stereocenters. The Kier molecular flexibility index (Phi) is 11.2. The van der Waals surface area contributed by atoms with Gasteiger partial charge in [0.05, 0.1) is 25.3 Å². The molecule has 34 heavy (non-hydrogen) atoms. The number of carbonyl (C=O) groups excluding carboxylic acids is 5. The Morgan fingerprint density at radius 2 is 1.82 bits per heavy atom. The van der Waals surface area contributed by atoms with Crippen LogP contribution in [0.1, 0.15) is 61.4 Å². The molecule has 0 aliphatic heterocycles. The van der Waals surface area contributed by atoms with Gasteiger partial charge in [-0.15, -0.1) is 0 Å². The maximum Gasteiger partial charge on any atom is 0.337 e. The summed E-state index contributed by atoms with van der Waals surface area (Å²) in [5, 5.41) is 5.22. The Balaban J connectivity index is 1.82. The van der Waals surface area contributed by atoms with E-state index in [0.717, 1.165) is 31.2 Å². The summed E-state index contributed by atoms with van der Waals surface area (Å²) >= 11 is 0. The Morgan fingerprint density at radius 1 is 1.15 bits per heavy atom. The van der Waals surface area contributed by atoms with Crippen LogP contribution in [-0.2, 0) is 30.3 Å². The van der Waals surface area contributed by atoms with Crippen LogP contribution in [0, 0.1) is 5.92 Å². The molecule has 2 N–H and O–H groups in total. The van der Waals surface area contributed by atoms with Crippen LogP contribution in [0.2, 0.25) is 0 Å².